The molecule has 0 radical (unpaired) electrons. The van der Waals surface area contributed by atoms with Crippen molar-refractivity contribution in [3.05, 3.63) is 16.4 Å². The van der Waals surface area contributed by atoms with E-state index in [4.69, 9.17) is 0 Å². The molecule has 0 aliphatic heterocycles. The number of hydrogen-bond donors (Lipinski definition) is 0. The fourth-order valence-electron chi connectivity index (χ4n) is 0.360. The molecule has 1 heterocycles. The van der Waals surface area contributed by atoms with Crippen molar-refractivity contribution in [2.24, 2.45) is 7.05 Å². The van der Waals surface area contributed by atoms with Gasteiger partial charge in [0.15, 0.2) is 5.82 Å². The molecule has 44 valence electrons. The molecule has 0 spiro atoms. The second kappa shape index (κ2) is 1.47. The van der Waals surface area contributed by atoms with Crippen molar-refractivity contribution < 1.29 is 4.52 Å². The Bertz CT molecular complexity index is 234. The molecule has 0 amide bonds. The zero-order chi connectivity index (χ0) is 6.15. The first kappa shape index (κ1) is 5.08. The van der Waals surface area contributed by atoms with Crippen LogP contribution >= 0.6 is 0 Å². The Morgan fingerprint density at radius 2 is 2.38 bits per heavy atom. The number of rotatable bonds is 0. The lowest BCUT2D eigenvalue weighted by Crippen LogP contribution is -2.09. The summed E-state index contributed by atoms with van der Waals surface area (Å²) in [6.45, 7) is 1.70. The maximum atomic E-state index is 10.4. The van der Waals surface area contributed by atoms with Gasteiger partial charge in [0, 0.05) is 7.05 Å². The first-order chi connectivity index (χ1) is 3.72. The average Bonchev–Trinajstić information content (AvgIpc) is 1.98. The Morgan fingerprint density at radius 3 is 2.50 bits per heavy atom. The Morgan fingerprint density at radius 1 is 1.75 bits per heavy atom. The van der Waals surface area contributed by atoms with Crippen LogP contribution in [-0.2, 0) is 7.05 Å². The van der Waals surface area contributed by atoms with Gasteiger partial charge in [0.25, 0.3) is 0 Å². The smallest absolute Gasteiger partial charge is 0.296 e. The van der Waals surface area contributed by atoms with E-state index >= 15 is 0 Å². The molecule has 0 bridgehead atoms. The molecule has 0 aliphatic rings. The zero-order valence-electron chi connectivity index (χ0n) is 4.71. The van der Waals surface area contributed by atoms with Crippen LogP contribution in [0, 0.1) is 6.92 Å². The lowest BCUT2D eigenvalue weighted by Gasteiger charge is -1.81. The van der Waals surface area contributed by atoms with Crippen LogP contribution in [-0.4, -0.2) is 9.72 Å². The highest BCUT2D eigenvalue weighted by Gasteiger charge is 1.96. The normalized spacial score (nSPS) is 9.75. The van der Waals surface area contributed by atoms with E-state index in [9.17, 15) is 4.79 Å². The van der Waals surface area contributed by atoms with Crippen molar-refractivity contribution in [2.75, 3.05) is 0 Å². The predicted octanol–water partition coefficient (Wildman–Crippen LogP) is -0.318. The summed E-state index contributed by atoms with van der Waals surface area (Å²) >= 11 is 0. The van der Waals surface area contributed by atoms with Crippen LogP contribution in [0.4, 0.5) is 0 Å². The number of nitrogens with zero attached hydrogens (tertiary/aromatic N) is 2. The van der Waals surface area contributed by atoms with Crippen molar-refractivity contribution in [2.45, 2.75) is 6.92 Å². The molecule has 0 fully saturated rings. The predicted molar refractivity (Wildman–Crippen MR) is 26.5 cm³/mol. The van der Waals surface area contributed by atoms with Gasteiger partial charge in [-0.15, -0.1) is 0 Å². The summed E-state index contributed by atoms with van der Waals surface area (Å²) in [6, 6.07) is 0. The minimum absolute atomic E-state index is 0.414. The SMILES string of the molecule is Cc1noc(=O)n1C. The quantitative estimate of drug-likeness (QED) is 0.464. The number of aromatic nitrogens is 2. The molecule has 0 saturated carbocycles. The number of hydrogen-bond acceptors (Lipinski definition) is 3. The maximum Gasteiger partial charge on any atom is 0.441 e. The summed E-state index contributed by atoms with van der Waals surface area (Å²) in [5, 5.41) is 3.39. The summed E-state index contributed by atoms with van der Waals surface area (Å²) in [5.74, 6) is 0.178. The third-order valence-corrected chi connectivity index (χ3v) is 1.02. The molecule has 8 heavy (non-hydrogen) atoms. The Hall–Kier alpha value is -1.06. The highest BCUT2D eigenvalue weighted by Crippen LogP contribution is 1.80. The Kier molecular flexibility index (Phi) is 0.932. The molecule has 0 aromatic carbocycles. The first-order valence-corrected chi connectivity index (χ1v) is 2.21. The summed E-state index contributed by atoms with van der Waals surface area (Å²) in [4.78, 5) is 10.4. The topological polar surface area (TPSA) is 48.0 Å². The van der Waals surface area contributed by atoms with Crippen molar-refractivity contribution in [1.82, 2.24) is 9.72 Å². The van der Waals surface area contributed by atoms with Gasteiger partial charge in [-0.25, -0.2) is 4.79 Å². The van der Waals surface area contributed by atoms with Crippen molar-refractivity contribution >= 4 is 0 Å². The fraction of sp³-hybridized carbons (Fsp3) is 0.500. The monoisotopic (exact) mass is 114 g/mol. The molecular weight excluding hydrogens is 108 g/mol. The lowest BCUT2D eigenvalue weighted by molar-refractivity contribution is 0.377. The van der Waals surface area contributed by atoms with E-state index in [1.54, 1.807) is 14.0 Å². The fourth-order valence-corrected chi connectivity index (χ4v) is 0.360. The van der Waals surface area contributed by atoms with E-state index in [2.05, 4.69) is 9.68 Å². The van der Waals surface area contributed by atoms with Crippen molar-refractivity contribution in [3.63, 3.8) is 0 Å². The van der Waals surface area contributed by atoms with Gasteiger partial charge in [0.2, 0.25) is 0 Å². The second-order valence-electron chi connectivity index (χ2n) is 1.55. The van der Waals surface area contributed by atoms with Gasteiger partial charge >= 0.3 is 5.76 Å². The average molecular weight is 114 g/mol. The van der Waals surface area contributed by atoms with E-state index in [1.165, 1.54) is 4.57 Å². The molecule has 1 aromatic rings. The third-order valence-electron chi connectivity index (χ3n) is 1.02. The lowest BCUT2D eigenvalue weighted by atomic mass is 10.7. The van der Waals surface area contributed by atoms with Crippen LogP contribution in [0.3, 0.4) is 0 Å². The standard InChI is InChI=1S/C4H6N2O2/c1-3-5-8-4(7)6(3)2/h1-2H3. The Labute approximate surface area is 45.7 Å². The van der Waals surface area contributed by atoms with E-state index in [1.807, 2.05) is 0 Å². The number of aryl methyl sites for hydroxylation is 1. The Balaban J connectivity index is 3.41. The van der Waals surface area contributed by atoms with E-state index in [0.717, 1.165) is 0 Å². The molecular formula is C4H6N2O2. The molecule has 0 saturated heterocycles. The van der Waals surface area contributed by atoms with E-state index < -0.39 is 5.76 Å². The molecule has 0 N–H and O–H groups in total. The molecule has 0 unspecified atom stereocenters. The molecule has 1 rings (SSSR count). The van der Waals surface area contributed by atoms with Gasteiger partial charge < -0.3 is 0 Å². The van der Waals surface area contributed by atoms with Crippen molar-refractivity contribution in [1.29, 1.82) is 0 Å². The molecule has 0 aliphatic carbocycles. The van der Waals surface area contributed by atoms with E-state index in [-0.39, 0.29) is 0 Å². The molecule has 0 atom stereocenters. The van der Waals surface area contributed by atoms with Crippen LogP contribution in [0.25, 0.3) is 0 Å². The molecule has 1 aromatic heterocycles. The second-order valence-corrected chi connectivity index (χ2v) is 1.55. The van der Waals surface area contributed by atoms with E-state index in [0.29, 0.717) is 5.82 Å². The van der Waals surface area contributed by atoms with Crippen LogP contribution in [0.1, 0.15) is 5.82 Å². The van der Waals surface area contributed by atoms with Gasteiger partial charge in [0.05, 0.1) is 0 Å². The van der Waals surface area contributed by atoms with Gasteiger partial charge in [-0.1, -0.05) is 5.16 Å². The summed E-state index contributed by atoms with van der Waals surface area (Å²) in [7, 11) is 1.61. The highest BCUT2D eigenvalue weighted by molar-refractivity contribution is 4.74. The van der Waals surface area contributed by atoms with Gasteiger partial charge in [0.1, 0.15) is 0 Å². The third kappa shape index (κ3) is 0.538. The van der Waals surface area contributed by atoms with Crippen LogP contribution in [0.15, 0.2) is 9.32 Å². The van der Waals surface area contributed by atoms with Crippen molar-refractivity contribution in [3.8, 4) is 0 Å². The molecule has 4 heteroatoms. The molecule has 4 nitrogen and oxygen atoms in total. The van der Waals surface area contributed by atoms with Crippen LogP contribution in [0.2, 0.25) is 0 Å². The van der Waals surface area contributed by atoms with Crippen LogP contribution < -0.4 is 5.76 Å². The first-order valence-electron chi connectivity index (χ1n) is 2.21. The van der Waals surface area contributed by atoms with Crippen LogP contribution in [0.5, 0.6) is 0 Å². The summed E-state index contributed by atoms with van der Waals surface area (Å²) in [5.41, 5.74) is 0. The van der Waals surface area contributed by atoms with Gasteiger partial charge in [-0.05, 0) is 6.92 Å². The minimum Gasteiger partial charge on any atom is -0.296 e. The zero-order valence-corrected chi connectivity index (χ0v) is 4.71. The summed E-state index contributed by atoms with van der Waals surface area (Å²) < 4.78 is 5.59. The minimum atomic E-state index is -0.414. The van der Waals surface area contributed by atoms with Gasteiger partial charge in [-0.3, -0.25) is 9.09 Å². The largest absolute Gasteiger partial charge is 0.441 e. The van der Waals surface area contributed by atoms with Gasteiger partial charge in [-0.2, -0.15) is 0 Å². The maximum absolute atomic E-state index is 10.4. The highest BCUT2D eigenvalue weighted by atomic mass is 16.5. The summed E-state index contributed by atoms with van der Waals surface area (Å²) in [6.07, 6.45) is 0.